The van der Waals surface area contributed by atoms with Crippen molar-refractivity contribution in [3.63, 3.8) is 0 Å². The summed E-state index contributed by atoms with van der Waals surface area (Å²) in [6.45, 7) is 0. The number of para-hydroxylation sites is 1. The molecule has 1 amide bonds. The lowest BCUT2D eigenvalue weighted by Crippen LogP contribution is -2.15. The summed E-state index contributed by atoms with van der Waals surface area (Å²) >= 11 is 0. The molecule has 8 nitrogen and oxygen atoms in total. The van der Waals surface area contributed by atoms with Crippen LogP contribution in [0.15, 0.2) is 35.1 Å². The largest absolute Gasteiger partial charge is 0.382 e. The molecule has 0 radical (unpaired) electrons. The van der Waals surface area contributed by atoms with Crippen LogP contribution in [-0.4, -0.2) is 23.0 Å². The number of nitro groups is 1. The van der Waals surface area contributed by atoms with Crippen LogP contribution < -0.4 is 10.6 Å². The van der Waals surface area contributed by atoms with Crippen LogP contribution in [0.25, 0.3) is 0 Å². The molecule has 19 heavy (non-hydrogen) atoms. The van der Waals surface area contributed by atoms with Gasteiger partial charge in [-0.25, -0.2) is 0 Å². The zero-order chi connectivity index (χ0) is 13.8. The minimum absolute atomic E-state index is 0.147. The first-order valence-electron chi connectivity index (χ1n) is 5.30. The van der Waals surface area contributed by atoms with E-state index in [-0.39, 0.29) is 22.8 Å². The maximum atomic E-state index is 12.0. The minimum atomic E-state index is -0.557. The van der Waals surface area contributed by atoms with E-state index in [9.17, 15) is 14.9 Å². The second kappa shape index (κ2) is 5.17. The van der Waals surface area contributed by atoms with Gasteiger partial charge in [-0.05, 0) is 6.07 Å². The van der Waals surface area contributed by atoms with Crippen LogP contribution in [0.2, 0.25) is 0 Å². The number of carbonyl (C=O) groups excluding carboxylic acids is 1. The zero-order valence-corrected chi connectivity index (χ0v) is 9.91. The summed E-state index contributed by atoms with van der Waals surface area (Å²) in [5.41, 5.74) is 0.128. The van der Waals surface area contributed by atoms with E-state index < -0.39 is 10.8 Å². The Bertz CT molecular complexity index is 609. The van der Waals surface area contributed by atoms with Gasteiger partial charge in [0.1, 0.15) is 12.0 Å². The van der Waals surface area contributed by atoms with Gasteiger partial charge in [-0.15, -0.1) is 0 Å². The van der Waals surface area contributed by atoms with Crippen molar-refractivity contribution in [2.75, 3.05) is 17.7 Å². The third-order valence-electron chi connectivity index (χ3n) is 2.41. The van der Waals surface area contributed by atoms with Gasteiger partial charge in [0.25, 0.3) is 11.6 Å². The fourth-order valence-electron chi connectivity index (χ4n) is 1.60. The number of amides is 1. The fraction of sp³-hybridized carbons (Fsp3) is 0.0909. The maximum Gasteiger partial charge on any atom is 0.293 e. The molecule has 0 bridgehead atoms. The van der Waals surface area contributed by atoms with Gasteiger partial charge in [-0.1, -0.05) is 11.2 Å². The van der Waals surface area contributed by atoms with Crippen LogP contribution in [0.4, 0.5) is 17.2 Å². The number of nitrogens with one attached hydrogen (secondary N) is 2. The van der Waals surface area contributed by atoms with E-state index in [0.29, 0.717) is 0 Å². The molecule has 0 aliphatic carbocycles. The molecule has 0 saturated heterocycles. The smallest absolute Gasteiger partial charge is 0.293 e. The number of nitrogens with zero attached hydrogens (tertiary/aromatic N) is 2. The zero-order valence-electron chi connectivity index (χ0n) is 9.91. The van der Waals surface area contributed by atoms with Crippen LogP contribution in [0.3, 0.4) is 0 Å². The highest BCUT2D eigenvalue weighted by Gasteiger charge is 2.20. The van der Waals surface area contributed by atoms with Gasteiger partial charge < -0.3 is 15.2 Å². The number of nitro benzene ring substituents is 1. The summed E-state index contributed by atoms with van der Waals surface area (Å²) in [7, 11) is 1.51. The maximum absolute atomic E-state index is 12.0. The quantitative estimate of drug-likeness (QED) is 0.642. The molecule has 0 atom stereocenters. The first kappa shape index (κ1) is 12.6. The summed E-state index contributed by atoms with van der Waals surface area (Å²) in [6.07, 6.45) is 1.31. The van der Waals surface area contributed by atoms with Crippen molar-refractivity contribution < 1.29 is 14.2 Å². The van der Waals surface area contributed by atoms with Gasteiger partial charge in [0, 0.05) is 19.2 Å². The molecule has 1 aromatic heterocycles. The highest BCUT2D eigenvalue weighted by atomic mass is 16.6. The van der Waals surface area contributed by atoms with Crippen molar-refractivity contribution in [2.24, 2.45) is 0 Å². The molecule has 1 heterocycles. The van der Waals surface area contributed by atoms with E-state index in [2.05, 4.69) is 20.3 Å². The summed E-state index contributed by atoms with van der Waals surface area (Å²) in [5.74, 6) is -0.277. The van der Waals surface area contributed by atoms with Crippen LogP contribution in [0.1, 0.15) is 10.4 Å². The lowest BCUT2D eigenvalue weighted by Gasteiger charge is -2.08. The topological polar surface area (TPSA) is 110 Å². The molecule has 8 heteroatoms. The number of aromatic nitrogens is 1. The first-order valence-corrected chi connectivity index (χ1v) is 5.30. The lowest BCUT2D eigenvalue weighted by atomic mass is 10.1. The Morgan fingerprint density at radius 2 is 2.21 bits per heavy atom. The highest BCUT2D eigenvalue weighted by molar-refractivity contribution is 6.08. The molecule has 0 saturated carbocycles. The van der Waals surface area contributed by atoms with Crippen LogP contribution in [0.5, 0.6) is 0 Å². The molecule has 0 unspecified atom stereocenters. The fourth-order valence-corrected chi connectivity index (χ4v) is 1.60. The highest BCUT2D eigenvalue weighted by Crippen LogP contribution is 2.28. The molecule has 0 aliphatic rings. The molecule has 0 spiro atoms. The van der Waals surface area contributed by atoms with E-state index in [0.717, 1.165) is 0 Å². The van der Waals surface area contributed by atoms with Gasteiger partial charge in [-0.3, -0.25) is 14.9 Å². The predicted molar refractivity (Wildman–Crippen MR) is 67.1 cm³/mol. The number of hydrogen-bond acceptors (Lipinski definition) is 6. The number of hydrogen-bond donors (Lipinski definition) is 2. The summed E-state index contributed by atoms with van der Waals surface area (Å²) in [4.78, 5) is 22.3. The van der Waals surface area contributed by atoms with E-state index >= 15 is 0 Å². The molecular weight excluding hydrogens is 252 g/mol. The van der Waals surface area contributed by atoms with E-state index in [1.54, 1.807) is 0 Å². The SMILES string of the molecule is CNc1c(C(=O)Nc2ccon2)cccc1[N+](=O)[O-]. The standard InChI is InChI=1S/C11H10N4O4/c1-12-10-7(3-2-4-8(10)15(17)18)11(16)13-9-5-6-19-14-9/h2-6,12H,1H3,(H,13,14,16). The Labute approximate surface area is 107 Å². The van der Waals surface area contributed by atoms with Gasteiger partial charge >= 0.3 is 0 Å². The van der Waals surface area contributed by atoms with Crippen molar-refractivity contribution in [3.05, 3.63) is 46.2 Å². The van der Waals surface area contributed by atoms with Gasteiger partial charge in [0.15, 0.2) is 5.82 Å². The van der Waals surface area contributed by atoms with E-state index in [4.69, 9.17) is 0 Å². The second-order valence-corrected chi connectivity index (χ2v) is 3.55. The monoisotopic (exact) mass is 262 g/mol. The molecule has 98 valence electrons. The van der Waals surface area contributed by atoms with Crippen LogP contribution in [0, 0.1) is 10.1 Å². The van der Waals surface area contributed by atoms with Gasteiger partial charge in [0.2, 0.25) is 0 Å². The Kier molecular flexibility index (Phi) is 3.42. The normalized spacial score (nSPS) is 9.95. The lowest BCUT2D eigenvalue weighted by molar-refractivity contribution is -0.384. The Morgan fingerprint density at radius 3 is 2.79 bits per heavy atom. The van der Waals surface area contributed by atoms with Crippen LogP contribution in [-0.2, 0) is 0 Å². The molecule has 2 rings (SSSR count). The van der Waals surface area contributed by atoms with Crippen molar-refractivity contribution >= 4 is 23.1 Å². The van der Waals surface area contributed by atoms with Crippen molar-refractivity contribution in [3.8, 4) is 0 Å². The third-order valence-corrected chi connectivity index (χ3v) is 2.41. The second-order valence-electron chi connectivity index (χ2n) is 3.55. The molecule has 2 N–H and O–H groups in total. The van der Waals surface area contributed by atoms with Gasteiger partial charge in [-0.2, -0.15) is 0 Å². The van der Waals surface area contributed by atoms with Crippen molar-refractivity contribution in [1.82, 2.24) is 5.16 Å². The minimum Gasteiger partial charge on any atom is -0.382 e. The molecule has 1 aromatic carbocycles. The first-order chi connectivity index (χ1) is 9.13. The molecular formula is C11H10N4O4. The molecule has 0 aliphatic heterocycles. The predicted octanol–water partition coefficient (Wildman–Crippen LogP) is 1.88. The summed E-state index contributed by atoms with van der Waals surface area (Å²) in [6, 6.07) is 5.71. The number of rotatable bonds is 4. The van der Waals surface area contributed by atoms with Gasteiger partial charge in [0.05, 0.1) is 10.5 Å². The summed E-state index contributed by atoms with van der Waals surface area (Å²) < 4.78 is 4.58. The number of anilines is 2. The van der Waals surface area contributed by atoms with Crippen LogP contribution >= 0.6 is 0 Å². The average Bonchev–Trinajstić information content (AvgIpc) is 2.90. The summed E-state index contributed by atoms with van der Waals surface area (Å²) in [5, 5.41) is 19.5. The average molecular weight is 262 g/mol. The van der Waals surface area contributed by atoms with Crippen molar-refractivity contribution in [2.45, 2.75) is 0 Å². The van der Waals surface area contributed by atoms with Crippen molar-refractivity contribution in [1.29, 1.82) is 0 Å². The molecule has 0 fully saturated rings. The molecule has 2 aromatic rings. The Morgan fingerprint density at radius 1 is 1.42 bits per heavy atom. The third kappa shape index (κ3) is 2.51. The van der Waals surface area contributed by atoms with E-state index in [1.807, 2.05) is 0 Å². The number of carbonyl (C=O) groups is 1. The Hall–Kier alpha value is -2.90. The Balaban J connectivity index is 2.36. The number of benzene rings is 1. The van der Waals surface area contributed by atoms with E-state index in [1.165, 1.54) is 37.6 Å².